The first-order valence-corrected chi connectivity index (χ1v) is 7.68. The SMILES string of the molecule is COCCC1CSC(=NCC2(CCOC)CC2)N1. The van der Waals surface area contributed by atoms with Crippen molar-refractivity contribution < 1.29 is 9.47 Å². The van der Waals surface area contributed by atoms with Gasteiger partial charge in [-0.15, -0.1) is 0 Å². The van der Waals surface area contributed by atoms with E-state index < -0.39 is 0 Å². The summed E-state index contributed by atoms with van der Waals surface area (Å²) in [6.45, 7) is 2.65. The number of hydrogen-bond acceptors (Lipinski definition) is 4. The third-order valence-corrected chi connectivity index (χ3v) is 4.86. The molecule has 1 N–H and O–H groups in total. The van der Waals surface area contributed by atoms with Gasteiger partial charge in [0.2, 0.25) is 0 Å². The number of hydrogen-bond donors (Lipinski definition) is 1. The van der Waals surface area contributed by atoms with E-state index in [2.05, 4.69) is 5.32 Å². The Kier molecular flexibility index (Phi) is 5.33. The van der Waals surface area contributed by atoms with E-state index in [1.54, 1.807) is 14.2 Å². The molecule has 0 aromatic rings. The highest BCUT2D eigenvalue weighted by Gasteiger charge is 2.42. The van der Waals surface area contributed by atoms with Crippen LogP contribution in [0.25, 0.3) is 0 Å². The van der Waals surface area contributed by atoms with E-state index in [4.69, 9.17) is 14.5 Å². The van der Waals surface area contributed by atoms with Crippen LogP contribution in [0.5, 0.6) is 0 Å². The van der Waals surface area contributed by atoms with Crippen LogP contribution in [0.3, 0.4) is 0 Å². The molecule has 1 saturated heterocycles. The summed E-state index contributed by atoms with van der Waals surface area (Å²) in [7, 11) is 3.53. The Labute approximate surface area is 114 Å². The number of methoxy groups -OCH3 is 2. The number of rotatable bonds is 8. The first kappa shape index (κ1) is 14.2. The van der Waals surface area contributed by atoms with Gasteiger partial charge in [0.15, 0.2) is 5.17 Å². The zero-order valence-corrected chi connectivity index (χ0v) is 12.2. The summed E-state index contributed by atoms with van der Waals surface area (Å²) in [5, 5.41) is 4.61. The van der Waals surface area contributed by atoms with Gasteiger partial charge in [-0.05, 0) is 31.1 Å². The van der Waals surface area contributed by atoms with Crippen LogP contribution in [0, 0.1) is 5.41 Å². The van der Waals surface area contributed by atoms with E-state index >= 15 is 0 Å². The first-order chi connectivity index (χ1) is 8.78. The van der Waals surface area contributed by atoms with Gasteiger partial charge in [0.1, 0.15) is 0 Å². The third-order valence-electron chi connectivity index (χ3n) is 3.77. The van der Waals surface area contributed by atoms with Crippen LogP contribution in [-0.2, 0) is 9.47 Å². The minimum atomic E-state index is 0.454. The lowest BCUT2D eigenvalue weighted by molar-refractivity contribution is 0.174. The predicted octanol–water partition coefficient (Wildman–Crippen LogP) is 1.90. The number of amidine groups is 1. The summed E-state index contributed by atoms with van der Waals surface area (Å²) in [5.41, 5.74) is 0.454. The Morgan fingerprint density at radius 1 is 1.33 bits per heavy atom. The second-order valence-electron chi connectivity index (χ2n) is 5.30. The number of ether oxygens (including phenoxy) is 2. The predicted molar refractivity (Wildman–Crippen MR) is 76.3 cm³/mol. The second kappa shape index (κ2) is 6.78. The van der Waals surface area contributed by atoms with Crippen LogP contribution in [0.2, 0.25) is 0 Å². The highest BCUT2D eigenvalue weighted by Crippen LogP contribution is 2.49. The summed E-state index contributed by atoms with van der Waals surface area (Å²) in [6.07, 6.45) is 4.84. The van der Waals surface area contributed by atoms with Gasteiger partial charge in [-0.25, -0.2) is 0 Å². The molecule has 2 fully saturated rings. The monoisotopic (exact) mass is 272 g/mol. The number of thioether (sulfide) groups is 1. The zero-order chi connectivity index (χ0) is 12.8. The van der Waals surface area contributed by atoms with E-state index in [1.165, 1.54) is 12.8 Å². The molecule has 18 heavy (non-hydrogen) atoms. The molecule has 0 aromatic carbocycles. The Balaban J connectivity index is 1.71. The molecule has 0 bridgehead atoms. The van der Waals surface area contributed by atoms with Crippen molar-refractivity contribution in [3.8, 4) is 0 Å². The Morgan fingerprint density at radius 2 is 2.11 bits per heavy atom. The number of nitrogens with one attached hydrogen (secondary N) is 1. The van der Waals surface area contributed by atoms with Crippen molar-refractivity contribution >= 4 is 16.9 Å². The van der Waals surface area contributed by atoms with Gasteiger partial charge < -0.3 is 14.8 Å². The van der Waals surface area contributed by atoms with Crippen molar-refractivity contribution in [3.63, 3.8) is 0 Å². The molecule has 0 amide bonds. The summed E-state index contributed by atoms with van der Waals surface area (Å²) in [4.78, 5) is 4.74. The third kappa shape index (κ3) is 4.14. The summed E-state index contributed by atoms with van der Waals surface area (Å²) >= 11 is 1.85. The van der Waals surface area contributed by atoms with Crippen LogP contribution in [-0.4, -0.2) is 50.9 Å². The maximum Gasteiger partial charge on any atom is 0.156 e. The van der Waals surface area contributed by atoms with Gasteiger partial charge in [0, 0.05) is 45.8 Å². The molecular weight excluding hydrogens is 248 g/mol. The molecule has 2 aliphatic rings. The minimum Gasteiger partial charge on any atom is -0.385 e. The minimum absolute atomic E-state index is 0.454. The Hall–Kier alpha value is -0.260. The van der Waals surface area contributed by atoms with Crippen molar-refractivity contribution in [2.24, 2.45) is 10.4 Å². The zero-order valence-electron chi connectivity index (χ0n) is 11.4. The number of aliphatic imine (C=N–C) groups is 1. The van der Waals surface area contributed by atoms with E-state index in [0.717, 1.165) is 43.5 Å². The normalized spacial score (nSPS) is 27.4. The Morgan fingerprint density at radius 3 is 2.78 bits per heavy atom. The maximum atomic E-state index is 5.17. The topological polar surface area (TPSA) is 42.9 Å². The molecule has 1 aliphatic carbocycles. The van der Waals surface area contributed by atoms with Crippen LogP contribution >= 0.6 is 11.8 Å². The molecular formula is C13H24N2O2S. The molecule has 1 heterocycles. The van der Waals surface area contributed by atoms with Gasteiger partial charge in [-0.3, -0.25) is 4.99 Å². The number of nitrogens with zero attached hydrogens (tertiary/aromatic N) is 1. The van der Waals surface area contributed by atoms with Crippen LogP contribution in [0.4, 0.5) is 0 Å². The molecule has 1 atom stereocenters. The molecule has 0 radical (unpaired) electrons. The largest absolute Gasteiger partial charge is 0.385 e. The van der Waals surface area contributed by atoms with Gasteiger partial charge in [-0.2, -0.15) is 0 Å². The van der Waals surface area contributed by atoms with Gasteiger partial charge in [0.05, 0.1) is 0 Å². The van der Waals surface area contributed by atoms with Gasteiger partial charge >= 0.3 is 0 Å². The lowest BCUT2D eigenvalue weighted by Crippen LogP contribution is -2.28. The molecule has 1 aliphatic heterocycles. The van der Waals surface area contributed by atoms with Crippen LogP contribution < -0.4 is 5.32 Å². The molecule has 4 nitrogen and oxygen atoms in total. The van der Waals surface area contributed by atoms with Crippen LogP contribution in [0.15, 0.2) is 4.99 Å². The van der Waals surface area contributed by atoms with Crippen molar-refractivity contribution in [1.82, 2.24) is 5.32 Å². The molecule has 0 aromatic heterocycles. The second-order valence-corrected chi connectivity index (χ2v) is 6.31. The fraction of sp³-hybridized carbons (Fsp3) is 0.923. The van der Waals surface area contributed by atoms with E-state index in [9.17, 15) is 0 Å². The lowest BCUT2D eigenvalue weighted by Gasteiger charge is -2.12. The lowest BCUT2D eigenvalue weighted by atomic mass is 10.0. The molecule has 5 heteroatoms. The van der Waals surface area contributed by atoms with Crippen molar-refractivity contribution in [3.05, 3.63) is 0 Å². The fourth-order valence-electron chi connectivity index (χ4n) is 2.17. The molecule has 1 unspecified atom stereocenters. The van der Waals surface area contributed by atoms with E-state index in [1.807, 2.05) is 11.8 Å². The smallest absolute Gasteiger partial charge is 0.156 e. The Bertz CT molecular complexity index is 293. The summed E-state index contributed by atoms with van der Waals surface area (Å²) in [6, 6.07) is 0.530. The average Bonchev–Trinajstić information content (AvgIpc) is 3.02. The van der Waals surface area contributed by atoms with E-state index in [0.29, 0.717) is 11.5 Å². The molecule has 2 rings (SSSR count). The highest BCUT2D eigenvalue weighted by molar-refractivity contribution is 8.14. The van der Waals surface area contributed by atoms with E-state index in [-0.39, 0.29) is 0 Å². The first-order valence-electron chi connectivity index (χ1n) is 6.70. The van der Waals surface area contributed by atoms with Gasteiger partial charge in [-0.1, -0.05) is 11.8 Å². The van der Waals surface area contributed by atoms with Crippen LogP contribution in [0.1, 0.15) is 25.7 Å². The molecule has 1 saturated carbocycles. The maximum absolute atomic E-state index is 5.17. The van der Waals surface area contributed by atoms with Crippen molar-refractivity contribution in [1.29, 1.82) is 0 Å². The van der Waals surface area contributed by atoms with Crippen molar-refractivity contribution in [2.45, 2.75) is 31.7 Å². The van der Waals surface area contributed by atoms with Crippen molar-refractivity contribution in [2.75, 3.05) is 39.7 Å². The summed E-state index contributed by atoms with van der Waals surface area (Å²) in [5.74, 6) is 1.12. The average molecular weight is 272 g/mol. The fourth-order valence-corrected chi connectivity index (χ4v) is 3.18. The van der Waals surface area contributed by atoms with Gasteiger partial charge in [0.25, 0.3) is 0 Å². The highest BCUT2D eigenvalue weighted by atomic mass is 32.2. The summed E-state index contributed by atoms with van der Waals surface area (Å²) < 4.78 is 10.3. The quantitative estimate of drug-likeness (QED) is 0.733. The molecule has 0 spiro atoms. The standard InChI is InChI=1S/C13H24N2O2S/c1-16-7-3-11-9-18-12(15-11)14-10-13(4-5-13)6-8-17-2/h11H,3-10H2,1-2H3,(H,14,15). The molecule has 104 valence electrons.